The molecule has 1 fully saturated rings. The molecule has 1 aliphatic carbocycles. The molecule has 0 saturated heterocycles. The molecule has 0 aliphatic heterocycles. The summed E-state index contributed by atoms with van der Waals surface area (Å²) in [7, 11) is 0. The number of hydrogen-bond donors (Lipinski definition) is 1. The van der Waals surface area contributed by atoms with Crippen LogP contribution < -0.4 is 5.32 Å². The molecule has 0 aromatic carbocycles. The number of carbonyl (C=O) groups is 2. The number of nitrogens with one attached hydrogen (secondary N) is 1. The highest BCUT2D eigenvalue weighted by atomic mass is 16.2. The van der Waals surface area contributed by atoms with Crippen LogP contribution in [0.25, 0.3) is 0 Å². The minimum atomic E-state index is -0.188. The Hall–Kier alpha value is -0.860. The predicted octanol–water partition coefficient (Wildman–Crippen LogP) is 2.97. The smallest absolute Gasteiger partial charge is 0.220 e. The number of carbonyl (C=O) groups excluding carboxylic acids is 2. The van der Waals surface area contributed by atoms with Gasteiger partial charge in [0.25, 0.3) is 0 Å². The Morgan fingerprint density at radius 2 is 2.00 bits per heavy atom. The maximum absolute atomic E-state index is 11.6. The summed E-state index contributed by atoms with van der Waals surface area (Å²) < 4.78 is 0. The van der Waals surface area contributed by atoms with Crippen molar-refractivity contribution in [2.45, 2.75) is 77.2 Å². The fourth-order valence-corrected chi connectivity index (χ4v) is 2.29. The molecule has 0 heterocycles. The van der Waals surface area contributed by atoms with E-state index in [-0.39, 0.29) is 17.7 Å². The van der Waals surface area contributed by atoms with E-state index in [1.165, 1.54) is 19.3 Å². The van der Waals surface area contributed by atoms with E-state index >= 15 is 0 Å². The summed E-state index contributed by atoms with van der Waals surface area (Å²) in [5, 5.41) is 2.87. The Labute approximate surface area is 104 Å². The highest BCUT2D eigenvalue weighted by Crippen LogP contribution is 2.14. The van der Waals surface area contributed by atoms with Crippen LogP contribution >= 0.6 is 0 Å². The van der Waals surface area contributed by atoms with Crippen LogP contribution in [0.15, 0.2) is 0 Å². The van der Waals surface area contributed by atoms with Crippen molar-refractivity contribution in [3.63, 3.8) is 0 Å². The molecular formula is C14H25NO2. The van der Waals surface area contributed by atoms with Gasteiger partial charge in [-0.15, -0.1) is 0 Å². The van der Waals surface area contributed by atoms with E-state index in [1.807, 2.05) is 0 Å². The van der Waals surface area contributed by atoms with Crippen LogP contribution in [0, 0.1) is 0 Å². The third-order valence-electron chi connectivity index (χ3n) is 3.40. The van der Waals surface area contributed by atoms with Crippen LogP contribution in [0.1, 0.15) is 71.1 Å². The van der Waals surface area contributed by atoms with Gasteiger partial charge in [0.15, 0.2) is 5.78 Å². The van der Waals surface area contributed by atoms with Crippen LogP contribution in [0.5, 0.6) is 0 Å². The van der Waals surface area contributed by atoms with Crippen LogP contribution in [-0.2, 0) is 9.59 Å². The standard InChI is InChI=1S/C14H25NO2/c1-2-3-4-5-6-11-14(17)15-12-9-7-8-10-13(12)16/h12H,2-11H2,1H3,(H,15,17)/t12-/m0/s1. The van der Waals surface area contributed by atoms with Crippen LogP contribution in [0.4, 0.5) is 0 Å². The molecule has 17 heavy (non-hydrogen) atoms. The lowest BCUT2D eigenvalue weighted by Gasteiger charge is -2.21. The minimum absolute atomic E-state index is 0.0572. The molecular weight excluding hydrogens is 214 g/mol. The van der Waals surface area contributed by atoms with Crippen molar-refractivity contribution in [1.82, 2.24) is 5.32 Å². The van der Waals surface area contributed by atoms with Crippen molar-refractivity contribution in [3.8, 4) is 0 Å². The summed E-state index contributed by atoms with van der Waals surface area (Å²) in [4.78, 5) is 23.2. The third-order valence-corrected chi connectivity index (χ3v) is 3.40. The number of ketones is 1. The Morgan fingerprint density at radius 3 is 2.71 bits per heavy atom. The molecule has 1 N–H and O–H groups in total. The van der Waals surface area contributed by atoms with Gasteiger partial charge in [0.05, 0.1) is 6.04 Å². The molecule has 0 unspecified atom stereocenters. The van der Waals surface area contributed by atoms with Gasteiger partial charge in [-0.3, -0.25) is 9.59 Å². The molecule has 0 aromatic rings. The van der Waals surface area contributed by atoms with E-state index in [0.29, 0.717) is 12.8 Å². The summed E-state index contributed by atoms with van der Waals surface area (Å²) in [5.74, 6) is 0.275. The van der Waals surface area contributed by atoms with Gasteiger partial charge in [-0.1, -0.05) is 39.0 Å². The SMILES string of the molecule is CCCCCCCC(=O)N[C@H]1CCCCC1=O. The molecule has 3 heteroatoms. The average molecular weight is 239 g/mol. The fraction of sp³-hybridized carbons (Fsp3) is 0.857. The zero-order valence-corrected chi connectivity index (χ0v) is 11.0. The van der Waals surface area contributed by atoms with E-state index in [1.54, 1.807) is 0 Å². The monoisotopic (exact) mass is 239 g/mol. The van der Waals surface area contributed by atoms with Gasteiger partial charge in [-0.25, -0.2) is 0 Å². The van der Waals surface area contributed by atoms with Gasteiger partial charge in [-0.05, 0) is 19.3 Å². The summed E-state index contributed by atoms with van der Waals surface area (Å²) in [6.07, 6.45) is 9.87. The van der Waals surface area contributed by atoms with E-state index in [2.05, 4.69) is 12.2 Å². The van der Waals surface area contributed by atoms with Gasteiger partial charge >= 0.3 is 0 Å². The first kappa shape index (κ1) is 14.2. The Bertz CT molecular complexity index is 251. The van der Waals surface area contributed by atoms with Crippen LogP contribution in [-0.4, -0.2) is 17.7 Å². The topological polar surface area (TPSA) is 46.2 Å². The molecule has 0 bridgehead atoms. The van der Waals surface area contributed by atoms with Gasteiger partial charge < -0.3 is 5.32 Å². The maximum Gasteiger partial charge on any atom is 0.220 e. The van der Waals surface area contributed by atoms with Crippen LogP contribution in [0.2, 0.25) is 0 Å². The van der Waals surface area contributed by atoms with Crippen molar-refractivity contribution in [2.75, 3.05) is 0 Å². The Balaban J connectivity index is 2.09. The first-order chi connectivity index (χ1) is 8.24. The Morgan fingerprint density at radius 1 is 1.24 bits per heavy atom. The molecule has 1 aliphatic rings. The van der Waals surface area contributed by atoms with Gasteiger partial charge in [0, 0.05) is 12.8 Å². The summed E-state index contributed by atoms with van der Waals surface area (Å²) >= 11 is 0. The summed E-state index contributed by atoms with van der Waals surface area (Å²) in [5.41, 5.74) is 0. The molecule has 98 valence electrons. The maximum atomic E-state index is 11.6. The largest absolute Gasteiger partial charge is 0.346 e. The van der Waals surface area contributed by atoms with Gasteiger partial charge in [-0.2, -0.15) is 0 Å². The number of Topliss-reactive ketones (excluding diaryl/α,β-unsaturated/α-hetero) is 1. The van der Waals surface area contributed by atoms with Crippen molar-refractivity contribution in [1.29, 1.82) is 0 Å². The van der Waals surface area contributed by atoms with Gasteiger partial charge in [0.1, 0.15) is 0 Å². The van der Waals surface area contributed by atoms with E-state index in [9.17, 15) is 9.59 Å². The quantitative estimate of drug-likeness (QED) is 0.694. The summed E-state index contributed by atoms with van der Waals surface area (Å²) in [6, 6.07) is -0.188. The Kier molecular flexibility index (Phi) is 6.90. The zero-order chi connectivity index (χ0) is 12.5. The van der Waals surface area contributed by atoms with Crippen molar-refractivity contribution < 1.29 is 9.59 Å². The minimum Gasteiger partial charge on any atom is -0.346 e. The molecule has 1 rings (SSSR count). The molecule has 1 atom stereocenters. The second-order valence-electron chi connectivity index (χ2n) is 5.00. The lowest BCUT2D eigenvalue weighted by Crippen LogP contribution is -2.42. The lowest BCUT2D eigenvalue weighted by molar-refractivity contribution is -0.129. The second-order valence-corrected chi connectivity index (χ2v) is 5.00. The third kappa shape index (κ3) is 5.85. The van der Waals surface area contributed by atoms with E-state index in [4.69, 9.17) is 0 Å². The second kappa shape index (κ2) is 8.26. The molecule has 0 spiro atoms. The average Bonchev–Trinajstić information content (AvgIpc) is 2.32. The first-order valence-electron chi connectivity index (χ1n) is 7.06. The number of amides is 1. The normalized spacial score (nSPS) is 20.3. The van der Waals surface area contributed by atoms with E-state index in [0.717, 1.165) is 32.1 Å². The lowest BCUT2D eigenvalue weighted by atomic mass is 9.94. The van der Waals surface area contributed by atoms with Crippen LogP contribution in [0.3, 0.4) is 0 Å². The number of hydrogen-bond acceptors (Lipinski definition) is 2. The highest BCUT2D eigenvalue weighted by molar-refractivity contribution is 5.89. The van der Waals surface area contributed by atoms with Crippen molar-refractivity contribution in [3.05, 3.63) is 0 Å². The molecule has 0 radical (unpaired) electrons. The van der Waals surface area contributed by atoms with Crippen molar-refractivity contribution >= 4 is 11.7 Å². The zero-order valence-electron chi connectivity index (χ0n) is 11.0. The molecule has 3 nitrogen and oxygen atoms in total. The predicted molar refractivity (Wildman–Crippen MR) is 68.8 cm³/mol. The fourth-order valence-electron chi connectivity index (χ4n) is 2.29. The van der Waals surface area contributed by atoms with Crippen molar-refractivity contribution in [2.24, 2.45) is 0 Å². The highest BCUT2D eigenvalue weighted by Gasteiger charge is 2.23. The molecule has 1 saturated carbocycles. The van der Waals surface area contributed by atoms with E-state index < -0.39 is 0 Å². The number of unbranched alkanes of at least 4 members (excludes halogenated alkanes) is 4. The molecule has 1 amide bonds. The van der Waals surface area contributed by atoms with Gasteiger partial charge in [0.2, 0.25) is 5.91 Å². The first-order valence-corrected chi connectivity index (χ1v) is 7.06. The summed E-state index contributed by atoms with van der Waals surface area (Å²) in [6.45, 7) is 2.18. The number of rotatable bonds is 7. The molecule has 0 aromatic heterocycles.